The van der Waals surface area contributed by atoms with E-state index in [1.165, 1.54) is 18.3 Å². The largest absolute Gasteiger partial charge is 0.490 e. The van der Waals surface area contributed by atoms with E-state index in [2.05, 4.69) is 4.98 Å². The molecule has 12 heteroatoms. The van der Waals surface area contributed by atoms with Crippen LogP contribution in [-0.4, -0.2) is 69.5 Å². The van der Waals surface area contributed by atoms with Crippen molar-refractivity contribution in [1.29, 1.82) is 0 Å². The van der Waals surface area contributed by atoms with Crippen LogP contribution < -0.4 is 4.74 Å². The zero-order valence-corrected chi connectivity index (χ0v) is 19.2. The van der Waals surface area contributed by atoms with E-state index in [1.807, 2.05) is 47.0 Å². The Morgan fingerprint density at radius 2 is 1.97 bits per heavy atom. The molecule has 192 valence electrons. The zero-order chi connectivity index (χ0) is 26.1. The van der Waals surface area contributed by atoms with Crippen molar-refractivity contribution in [2.75, 3.05) is 26.3 Å². The van der Waals surface area contributed by atoms with Gasteiger partial charge in [-0.05, 0) is 42.8 Å². The van der Waals surface area contributed by atoms with E-state index in [1.54, 1.807) is 0 Å². The summed E-state index contributed by atoms with van der Waals surface area (Å²) < 4.78 is 59.1. The number of aryl methyl sites for hydroxylation is 1. The number of carboxylic acids is 1. The Hall–Kier alpha value is -3.67. The number of hydrogen-bond acceptors (Lipinski definition) is 5. The van der Waals surface area contributed by atoms with Crippen LogP contribution in [0.4, 0.5) is 17.6 Å². The Bertz CT molecular complexity index is 1270. The lowest BCUT2D eigenvalue weighted by Crippen LogP contribution is -2.66. The van der Waals surface area contributed by atoms with E-state index >= 15 is 0 Å². The monoisotopic (exact) mass is 509 g/mol. The van der Waals surface area contributed by atoms with E-state index in [0.717, 1.165) is 17.3 Å². The minimum atomic E-state index is -5.08. The summed E-state index contributed by atoms with van der Waals surface area (Å²) in [5.74, 6) is -3.11. The lowest BCUT2D eigenvalue weighted by atomic mass is 9.81. The van der Waals surface area contributed by atoms with Crippen molar-refractivity contribution >= 4 is 22.8 Å². The Morgan fingerprint density at radius 3 is 2.64 bits per heavy atom. The number of carbonyl (C=O) groups is 2. The highest BCUT2D eigenvalue weighted by Crippen LogP contribution is 2.41. The van der Waals surface area contributed by atoms with Crippen molar-refractivity contribution in [3.8, 4) is 5.88 Å². The van der Waals surface area contributed by atoms with Crippen molar-refractivity contribution in [2.24, 2.45) is 13.0 Å². The van der Waals surface area contributed by atoms with Crippen molar-refractivity contribution < 1.29 is 41.7 Å². The number of benzene rings is 1. The highest BCUT2D eigenvalue weighted by molar-refractivity contribution is 5.98. The molecule has 5 rings (SSSR count). The number of fused-ring (bicyclic) bond motifs is 1. The number of aromatic nitrogens is 2. The number of aliphatic carboxylic acids is 1. The molecule has 0 saturated carbocycles. The van der Waals surface area contributed by atoms with Gasteiger partial charge in [-0.3, -0.25) is 4.79 Å². The normalized spacial score (nSPS) is 18.5. The number of alkyl halides is 3. The van der Waals surface area contributed by atoms with E-state index in [-0.39, 0.29) is 17.7 Å². The first-order valence-corrected chi connectivity index (χ1v) is 11.0. The number of rotatable bonds is 4. The molecule has 36 heavy (non-hydrogen) atoms. The van der Waals surface area contributed by atoms with Crippen LogP contribution in [0.1, 0.15) is 16.8 Å². The number of halogens is 4. The molecular weight excluding hydrogens is 486 g/mol. The van der Waals surface area contributed by atoms with Gasteiger partial charge >= 0.3 is 12.1 Å². The van der Waals surface area contributed by atoms with Gasteiger partial charge in [0.25, 0.3) is 5.91 Å². The fourth-order valence-electron chi connectivity index (χ4n) is 4.37. The average molecular weight is 509 g/mol. The van der Waals surface area contributed by atoms with Crippen molar-refractivity contribution in [3.05, 3.63) is 60.2 Å². The van der Waals surface area contributed by atoms with Crippen LogP contribution in [0.25, 0.3) is 10.9 Å². The molecule has 0 aliphatic carbocycles. The molecule has 1 spiro atoms. The number of hydrogen-bond donors (Lipinski definition) is 1. The fraction of sp³-hybridized carbons (Fsp3) is 0.375. The molecule has 1 unspecified atom stereocenters. The van der Waals surface area contributed by atoms with Crippen LogP contribution in [0.2, 0.25) is 0 Å². The van der Waals surface area contributed by atoms with Gasteiger partial charge in [-0.25, -0.2) is 14.2 Å². The molecule has 1 atom stereocenters. The topological polar surface area (TPSA) is 93.9 Å². The van der Waals surface area contributed by atoms with Crippen LogP contribution in [0.3, 0.4) is 0 Å². The van der Waals surface area contributed by atoms with Gasteiger partial charge < -0.3 is 24.0 Å². The molecule has 0 bridgehead atoms. The Labute approximate surface area is 203 Å². The highest BCUT2D eigenvalue weighted by atomic mass is 19.4. The number of amides is 1. The molecule has 1 aromatic carbocycles. The van der Waals surface area contributed by atoms with E-state index in [4.69, 9.17) is 19.4 Å². The standard InChI is InChI=1S/C22H22FN3O3.C2HF3O2/c1-25-9-6-15-11-16(4-5-19(15)25)21(27)26-13-22(14-26)17(7-10-29-22)12-28-20-18(23)3-2-8-24-20;3-2(4,5)1(6)7/h2-6,8-9,11,17H,7,10,12-14H2,1H3;(H,6,7). The maximum Gasteiger partial charge on any atom is 0.490 e. The molecule has 1 amide bonds. The van der Waals surface area contributed by atoms with Gasteiger partial charge in [0.2, 0.25) is 5.88 Å². The molecular formula is C24H23F4N3O5. The van der Waals surface area contributed by atoms with Crippen LogP contribution in [0, 0.1) is 11.7 Å². The predicted octanol–water partition coefficient (Wildman–Crippen LogP) is 3.66. The fourth-order valence-corrected chi connectivity index (χ4v) is 4.37. The molecule has 0 radical (unpaired) electrons. The molecule has 2 aliphatic rings. The van der Waals surface area contributed by atoms with Crippen molar-refractivity contribution in [3.63, 3.8) is 0 Å². The number of nitrogens with zero attached hydrogens (tertiary/aromatic N) is 3. The second kappa shape index (κ2) is 9.76. The first kappa shape index (κ1) is 25.4. The number of carbonyl (C=O) groups excluding carboxylic acids is 1. The smallest absolute Gasteiger partial charge is 0.475 e. The maximum absolute atomic E-state index is 13.7. The van der Waals surface area contributed by atoms with Gasteiger partial charge in [0.15, 0.2) is 5.82 Å². The van der Waals surface area contributed by atoms with Gasteiger partial charge in [-0.1, -0.05) is 0 Å². The third-order valence-corrected chi connectivity index (χ3v) is 6.32. The molecule has 3 aromatic rings. The zero-order valence-electron chi connectivity index (χ0n) is 19.2. The predicted molar refractivity (Wildman–Crippen MR) is 119 cm³/mol. The summed E-state index contributed by atoms with van der Waals surface area (Å²) in [6, 6.07) is 10.6. The van der Waals surface area contributed by atoms with E-state index in [9.17, 15) is 22.4 Å². The number of ether oxygens (including phenoxy) is 2. The molecule has 4 heterocycles. The summed E-state index contributed by atoms with van der Waals surface area (Å²) in [5, 5.41) is 8.18. The Kier molecular flexibility index (Phi) is 6.90. The Balaban J connectivity index is 0.000000384. The van der Waals surface area contributed by atoms with Crippen LogP contribution in [0.5, 0.6) is 5.88 Å². The van der Waals surface area contributed by atoms with E-state index in [0.29, 0.717) is 31.9 Å². The second-order valence-corrected chi connectivity index (χ2v) is 8.66. The maximum atomic E-state index is 13.7. The van der Waals surface area contributed by atoms with Gasteiger partial charge in [0.1, 0.15) is 5.60 Å². The third-order valence-electron chi connectivity index (χ3n) is 6.32. The molecule has 2 saturated heterocycles. The number of carboxylic acid groups (broad SMARTS) is 1. The van der Waals surface area contributed by atoms with Gasteiger partial charge in [0, 0.05) is 48.4 Å². The number of pyridine rings is 1. The first-order valence-electron chi connectivity index (χ1n) is 11.0. The van der Waals surface area contributed by atoms with Gasteiger partial charge in [0.05, 0.1) is 19.7 Å². The summed E-state index contributed by atoms with van der Waals surface area (Å²) in [6.45, 7) is 2.00. The third kappa shape index (κ3) is 5.13. The van der Waals surface area contributed by atoms with Gasteiger partial charge in [-0.15, -0.1) is 0 Å². The molecule has 8 nitrogen and oxygen atoms in total. The van der Waals surface area contributed by atoms with Crippen molar-refractivity contribution in [2.45, 2.75) is 18.2 Å². The quantitative estimate of drug-likeness (QED) is 0.540. The second-order valence-electron chi connectivity index (χ2n) is 8.66. The van der Waals surface area contributed by atoms with Crippen LogP contribution >= 0.6 is 0 Å². The minimum Gasteiger partial charge on any atom is -0.475 e. The lowest BCUT2D eigenvalue weighted by Gasteiger charge is -2.50. The lowest BCUT2D eigenvalue weighted by molar-refractivity contribution is -0.192. The van der Waals surface area contributed by atoms with E-state index < -0.39 is 23.6 Å². The molecule has 2 aromatic heterocycles. The van der Waals surface area contributed by atoms with Crippen molar-refractivity contribution in [1.82, 2.24) is 14.5 Å². The van der Waals surface area contributed by atoms with Crippen LogP contribution in [0.15, 0.2) is 48.8 Å². The van der Waals surface area contributed by atoms with Gasteiger partial charge in [-0.2, -0.15) is 13.2 Å². The molecule has 2 fully saturated rings. The highest BCUT2D eigenvalue weighted by Gasteiger charge is 2.54. The summed E-state index contributed by atoms with van der Waals surface area (Å²) in [7, 11) is 1.99. The number of likely N-dealkylation sites (tertiary alicyclic amines) is 1. The average Bonchev–Trinajstić information content (AvgIpc) is 3.40. The molecule has 1 N–H and O–H groups in total. The summed E-state index contributed by atoms with van der Waals surface area (Å²) in [5.41, 5.74) is 1.37. The molecule has 2 aliphatic heterocycles. The first-order chi connectivity index (χ1) is 17.0. The summed E-state index contributed by atoms with van der Waals surface area (Å²) >= 11 is 0. The summed E-state index contributed by atoms with van der Waals surface area (Å²) in [6.07, 6.45) is -0.766. The minimum absolute atomic E-state index is 0.00677. The Morgan fingerprint density at radius 1 is 1.25 bits per heavy atom. The van der Waals surface area contributed by atoms with Crippen LogP contribution in [-0.2, 0) is 16.6 Å². The summed E-state index contributed by atoms with van der Waals surface area (Å²) in [4.78, 5) is 27.6. The SMILES string of the molecule is Cn1ccc2cc(C(=O)N3CC4(C3)OCCC4COc3ncccc3F)ccc21.O=C(O)C(F)(F)F.